The fourth-order valence-electron chi connectivity index (χ4n) is 1.95. The summed E-state index contributed by atoms with van der Waals surface area (Å²) in [5, 5.41) is 5.89. The highest BCUT2D eigenvalue weighted by Crippen LogP contribution is 2.25. The molecule has 0 aliphatic heterocycles. The average Bonchev–Trinajstić information content (AvgIpc) is 2.44. The van der Waals surface area contributed by atoms with Gasteiger partial charge in [0.05, 0.1) is 6.54 Å². The maximum atomic E-state index is 11.5. The fourth-order valence-corrected chi connectivity index (χ4v) is 1.95. The molecule has 1 aromatic carbocycles. The summed E-state index contributed by atoms with van der Waals surface area (Å²) in [4.78, 5) is 11.5. The first-order valence-electron chi connectivity index (χ1n) is 7.28. The molecule has 0 heterocycles. The smallest absolute Gasteiger partial charge is 0.220 e. The minimum atomic E-state index is 0.0843. The third kappa shape index (κ3) is 6.06. The second kappa shape index (κ2) is 9.37. The minimum absolute atomic E-state index is 0.0843. The van der Waals surface area contributed by atoms with E-state index in [4.69, 9.17) is 4.74 Å². The van der Waals surface area contributed by atoms with Gasteiger partial charge in [-0.2, -0.15) is 0 Å². The lowest BCUT2D eigenvalue weighted by Gasteiger charge is -2.14. The molecule has 1 aromatic rings. The molecular weight excluding hydrogens is 252 g/mol. The normalized spacial score (nSPS) is 10.6. The lowest BCUT2D eigenvalue weighted by atomic mass is 10.0. The Hall–Kier alpha value is -1.55. The molecule has 0 radical (unpaired) electrons. The number of rotatable bonds is 9. The summed E-state index contributed by atoms with van der Waals surface area (Å²) in [6.07, 6.45) is 1.42. The Balaban J connectivity index is 2.26. The highest BCUT2D eigenvalue weighted by molar-refractivity contribution is 5.75. The number of amides is 1. The first-order chi connectivity index (χ1) is 9.65. The highest BCUT2D eigenvalue weighted by Gasteiger charge is 2.06. The Labute approximate surface area is 121 Å². The molecule has 0 aliphatic carbocycles. The Kier molecular flexibility index (Phi) is 7.73. The molecule has 0 spiro atoms. The Bertz CT molecular complexity index is 405. The molecular formula is C16H26N2O2. The molecule has 0 aromatic heterocycles. The van der Waals surface area contributed by atoms with E-state index in [-0.39, 0.29) is 5.91 Å². The van der Waals surface area contributed by atoms with Gasteiger partial charge in [-0.25, -0.2) is 0 Å². The van der Waals surface area contributed by atoms with Crippen molar-refractivity contribution in [3.05, 3.63) is 29.8 Å². The van der Waals surface area contributed by atoms with Crippen molar-refractivity contribution in [2.45, 2.75) is 32.6 Å². The van der Waals surface area contributed by atoms with Gasteiger partial charge in [-0.05, 0) is 37.6 Å². The summed E-state index contributed by atoms with van der Waals surface area (Å²) in [6.45, 7) is 6.20. The van der Waals surface area contributed by atoms with E-state index in [2.05, 4.69) is 30.5 Å². The number of para-hydroxylation sites is 1. The third-order valence-electron chi connectivity index (χ3n) is 3.05. The van der Waals surface area contributed by atoms with E-state index in [1.54, 1.807) is 0 Å². The van der Waals surface area contributed by atoms with Crippen molar-refractivity contribution in [3.8, 4) is 5.75 Å². The topological polar surface area (TPSA) is 50.4 Å². The molecule has 1 amide bonds. The van der Waals surface area contributed by atoms with Crippen LogP contribution in [0.1, 0.15) is 38.2 Å². The summed E-state index contributed by atoms with van der Waals surface area (Å²) in [5.74, 6) is 1.43. The van der Waals surface area contributed by atoms with Gasteiger partial charge < -0.3 is 15.4 Å². The van der Waals surface area contributed by atoms with Crippen molar-refractivity contribution in [2.24, 2.45) is 0 Å². The molecule has 0 fully saturated rings. The van der Waals surface area contributed by atoms with Crippen LogP contribution in [0.3, 0.4) is 0 Å². The van der Waals surface area contributed by atoms with E-state index >= 15 is 0 Å². The second-order valence-corrected chi connectivity index (χ2v) is 5.10. The third-order valence-corrected chi connectivity index (χ3v) is 3.05. The van der Waals surface area contributed by atoms with Gasteiger partial charge in [0.15, 0.2) is 0 Å². The second-order valence-electron chi connectivity index (χ2n) is 5.10. The molecule has 0 unspecified atom stereocenters. The number of carbonyl (C=O) groups excluding carboxylic acids is 1. The van der Waals surface area contributed by atoms with Crippen LogP contribution in [0.25, 0.3) is 0 Å². The molecule has 112 valence electrons. The van der Waals surface area contributed by atoms with Gasteiger partial charge in [-0.1, -0.05) is 32.0 Å². The van der Waals surface area contributed by atoms with Crippen molar-refractivity contribution in [1.29, 1.82) is 0 Å². The number of hydrogen-bond acceptors (Lipinski definition) is 3. The van der Waals surface area contributed by atoms with Crippen LogP contribution in [0.2, 0.25) is 0 Å². The molecule has 20 heavy (non-hydrogen) atoms. The van der Waals surface area contributed by atoms with Crippen LogP contribution in [0.5, 0.6) is 5.75 Å². The molecule has 2 N–H and O–H groups in total. The van der Waals surface area contributed by atoms with Crippen molar-refractivity contribution in [1.82, 2.24) is 10.6 Å². The van der Waals surface area contributed by atoms with Gasteiger partial charge in [0.25, 0.3) is 0 Å². The van der Waals surface area contributed by atoms with E-state index in [0.717, 1.165) is 18.7 Å². The van der Waals surface area contributed by atoms with Crippen molar-refractivity contribution < 1.29 is 9.53 Å². The molecule has 1 rings (SSSR count). The average molecular weight is 278 g/mol. The Morgan fingerprint density at radius 1 is 1.25 bits per heavy atom. The molecule has 4 heteroatoms. The Morgan fingerprint density at radius 2 is 2.00 bits per heavy atom. The zero-order chi connectivity index (χ0) is 14.8. The molecule has 0 aliphatic rings. The SMILES string of the molecule is CNCCCC(=O)NCCOc1ccccc1C(C)C. The minimum Gasteiger partial charge on any atom is -0.491 e. The quantitative estimate of drug-likeness (QED) is 0.682. The molecule has 4 nitrogen and oxygen atoms in total. The van der Waals surface area contributed by atoms with Gasteiger partial charge in [0, 0.05) is 6.42 Å². The summed E-state index contributed by atoms with van der Waals surface area (Å²) >= 11 is 0. The largest absolute Gasteiger partial charge is 0.491 e. The zero-order valence-electron chi connectivity index (χ0n) is 12.7. The Morgan fingerprint density at radius 3 is 2.70 bits per heavy atom. The highest BCUT2D eigenvalue weighted by atomic mass is 16.5. The predicted octanol–water partition coefficient (Wildman–Crippen LogP) is 2.30. The number of carbonyl (C=O) groups is 1. The molecule has 0 saturated carbocycles. The van der Waals surface area contributed by atoms with Crippen LogP contribution in [0.15, 0.2) is 24.3 Å². The first-order valence-corrected chi connectivity index (χ1v) is 7.28. The maximum absolute atomic E-state index is 11.5. The van der Waals surface area contributed by atoms with Gasteiger partial charge in [0.1, 0.15) is 12.4 Å². The summed E-state index contributed by atoms with van der Waals surface area (Å²) in [7, 11) is 1.89. The zero-order valence-corrected chi connectivity index (χ0v) is 12.7. The van der Waals surface area contributed by atoms with Crippen LogP contribution in [0.4, 0.5) is 0 Å². The van der Waals surface area contributed by atoms with Gasteiger partial charge in [0.2, 0.25) is 5.91 Å². The van der Waals surface area contributed by atoms with Crippen molar-refractivity contribution in [3.63, 3.8) is 0 Å². The first kappa shape index (κ1) is 16.5. The molecule has 0 bridgehead atoms. The van der Waals surface area contributed by atoms with E-state index in [9.17, 15) is 4.79 Å². The van der Waals surface area contributed by atoms with Crippen LogP contribution in [0, 0.1) is 0 Å². The van der Waals surface area contributed by atoms with E-state index in [1.165, 1.54) is 5.56 Å². The van der Waals surface area contributed by atoms with Gasteiger partial charge in [-0.3, -0.25) is 4.79 Å². The van der Waals surface area contributed by atoms with Crippen LogP contribution >= 0.6 is 0 Å². The van der Waals surface area contributed by atoms with E-state index < -0.39 is 0 Å². The van der Waals surface area contributed by atoms with Gasteiger partial charge in [-0.15, -0.1) is 0 Å². The van der Waals surface area contributed by atoms with E-state index in [1.807, 2.05) is 25.2 Å². The lowest BCUT2D eigenvalue weighted by Crippen LogP contribution is -2.28. The van der Waals surface area contributed by atoms with E-state index in [0.29, 0.717) is 25.5 Å². The maximum Gasteiger partial charge on any atom is 0.220 e. The van der Waals surface area contributed by atoms with Crippen molar-refractivity contribution in [2.75, 3.05) is 26.7 Å². The standard InChI is InChI=1S/C16H26N2O2/c1-13(2)14-7-4-5-8-15(14)20-12-11-18-16(19)9-6-10-17-3/h4-5,7-8,13,17H,6,9-12H2,1-3H3,(H,18,19). The van der Waals surface area contributed by atoms with Crippen LogP contribution in [-0.2, 0) is 4.79 Å². The van der Waals surface area contributed by atoms with Gasteiger partial charge >= 0.3 is 0 Å². The van der Waals surface area contributed by atoms with Crippen LogP contribution in [-0.4, -0.2) is 32.7 Å². The predicted molar refractivity (Wildman–Crippen MR) is 82.2 cm³/mol. The monoisotopic (exact) mass is 278 g/mol. The summed E-state index contributed by atoms with van der Waals surface area (Å²) in [6, 6.07) is 8.05. The summed E-state index contributed by atoms with van der Waals surface area (Å²) < 4.78 is 5.75. The molecule has 0 saturated heterocycles. The number of nitrogens with one attached hydrogen (secondary N) is 2. The molecule has 0 atom stereocenters. The number of ether oxygens (including phenoxy) is 1. The summed E-state index contributed by atoms with van der Waals surface area (Å²) in [5.41, 5.74) is 1.20. The fraction of sp³-hybridized carbons (Fsp3) is 0.562. The number of hydrogen-bond donors (Lipinski definition) is 2. The lowest BCUT2D eigenvalue weighted by molar-refractivity contribution is -0.121. The van der Waals surface area contributed by atoms with Crippen molar-refractivity contribution >= 4 is 5.91 Å². The van der Waals surface area contributed by atoms with Crippen LogP contribution < -0.4 is 15.4 Å². The number of benzene rings is 1.